The second-order valence-electron chi connectivity index (χ2n) is 7.15. The summed E-state index contributed by atoms with van der Waals surface area (Å²) in [5.74, 6) is -0.284. The molecule has 1 heterocycles. The Bertz CT molecular complexity index is 712. The molecule has 9 heteroatoms. The number of amides is 1. The summed E-state index contributed by atoms with van der Waals surface area (Å²) in [7, 11) is -3.61. The van der Waals surface area contributed by atoms with Crippen LogP contribution in [0, 0.1) is 0 Å². The van der Waals surface area contributed by atoms with Crippen LogP contribution in [-0.2, 0) is 14.8 Å². The highest BCUT2D eigenvalue weighted by molar-refractivity contribution is 7.89. The second-order valence-corrected chi connectivity index (χ2v) is 9.08. The number of morpholine rings is 1. The molecular weight excluding hydrogens is 378 g/mol. The smallest absolute Gasteiger partial charge is 0.251 e. The number of ether oxygens (including phenoxy) is 1. The van der Waals surface area contributed by atoms with Crippen LogP contribution in [0.2, 0.25) is 0 Å². The molecule has 1 aromatic rings. The lowest BCUT2D eigenvalue weighted by molar-refractivity contribution is -0.0440. The largest absolute Gasteiger partial charge is 0.373 e. The van der Waals surface area contributed by atoms with E-state index >= 15 is 0 Å². The van der Waals surface area contributed by atoms with Gasteiger partial charge < -0.3 is 15.8 Å². The molecule has 0 aromatic heterocycles. The maximum Gasteiger partial charge on any atom is 0.251 e. The quantitative estimate of drug-likeness (QED) is 0.770. The predicted molar refractivity (Wildman–Crippen MR) is 103 cm³/mol. The third kappa shape index (κ3) is 5.40. The van der Waals surface area contributed by atoms with E-state index in [2.05, 4.69) is 5.32 Å². The molecule has 1 aliphatic heterocycles. The van der Waals surface area contributed by atoms with Gasteiger partial charge in [-0.05, 0) is 52.0 Å². The van der Waals surface area contributed by atoms with Crippen LogP contribution in [0.15, 0.2) is 29.2 Å². The molecule has 2 atom stereocenters. The summed E-state index contributed by atoms with van der Waals surface area (Å²) in [6, 6.07) is 5.96. The first-order valence-corrected chi connectivity index (χ1v) is 9.77. The summed E-state index contributed by atoms with van der Waals surface area (Å²) >= 11 is 0. The molecule has 26 heavy (non-hydrogen) atoms. The van der Waals surface area contributed by atoms with E-state index < -0.39 is 15.6 Å². The molecule has 3 N–H and O–H groups in total. The van der Waals surface area contributed by atoms with E-state index in [0.717, 1.165) is 0 Å². The van der Waals surface area contributed by atoms with Crippen molar-refractivity contribution in [3.05, 3.63) is 29.8 Å². The van der Waals surface area contributed by atoms with Gasteiger partial charge in [-0.25, -0.2) is 8.42 Å². The molecule has 0 spiro atoms. The van der Waals surface area contributed by atoms with Gasteiger partial charge in [-0.15, -0.1) is 12.4 Å². The van der Waals surface area contributed by atoms with Gasteiger partial charge >= 0.3 is 0 Å². The van der Waals surface area contributed by atoms with Crippen molar-refractivity contribution in [1.29, 1.82) is 0 Å². The first-order chi connectivity index (χ1) is 11.5. The Labute approximate surface area is 161 Å². The van der Waals surface area contributed by atoms with Gasteiger partial charge in [-0.2, -0.15) is 4.31 Å². The molecule has 0 radical (unpaired) electrons. The number of nitrogens with one attached hydrogen (secondary N) is 1. The molecule has 1 aliphatic rings. The van der Waals surface area contributed by atoms with Crippen molar-refractivity contribution >= 4 is 28.3 Å². The van der Waals surface area contributed by atoms with E-state index in [1.807, 2.05) is 27.7 Å². The van der Waals surface area contributed by atoms with Crippen molar-refractivity contribution in [1.82, 2.24) is 9.62 Å². The van der Waals surface area contributed by atoms with Crippen molar-refractivity contribution in [3.8, 4) is 0 Å². The van der Waals surface area contributed by atoms with Crippen molar-refractivity contribution in [3.63, 3.8) is 0 Å². The summed E-state index contributed by atoms with van der Waals surface area (Å²) in [5, 5.41) is 2.82. The zero-order valence-corrected chi connectivity index (χ0v) is 17.2. The average Bonchev–Trinajstić information content (AvgIpc) is 2.53. The summed E-state index contributed by atoms with van der Waals surface area (Å²) in [5.41, 5.74) is 5.48. The first kappa shape index (κ1) is 22.9. The zero-order valence-electron chi connectivity index (χ0n) is 15.6. The number of hydrogen-bond donors (Lipinski definition) is 2. The molecule has 0 bridgehead atoms. The van der Waals surface area contributed by atoms with Gasteiger partial charge in [-0.1, -0.05) is 0 Å². The van der Waals surface area contributed by atoms with Crippen LogP contribution in [0.3, 0.4) is 0 Å². The highest BCUT2D eigenvalue weighted by Gasteiger charge is 2.32. The molecule has 0 saturated carbocycles. The highest BCUT2D eigenvalue weighted by atomic mass is 35.5. The van der Waals surface area contributed by atoms with Crippen LogP contribution >= 0.6 is 12.4 Å². The van der Waals surface area contributed by atoms with Crippen LogP contribution in [0.5, 0.6) is 0 Å². The summed E-state index contributed by atoms with van der Waals surface area (Å²) in [6.45, 7) is 8.29. The lowest BCUT2D eigenvalue weighted by Gasteiger charge is -2.34. The van der Waals surface area contributed by atoms with Gasteiger partial charge in [0.1, 0.15) is 0 Å². The van der Waals surface area contributed by atoms with Gasteiger partial charge in [0.15, 0.2) is 0 Å². The van der Waals surface area contributed by atoms with Crippen LogP contribution in [0.4, 0.5) is 0 Å². The Balaban J connectivity index is 0.00000338. The van der Waals surface area contributed by atoms with Crippen molar-refractivity contribution in [2.24, 2.45) is 5.73 Å². The molecule has 2 unspecified atom stereocenters. The van der Waals surface area contributed by atoms with Gasteiger partial charge in [0.05, 0.1) is 17.1 Å². The predicted octanol–water partition coefficient (Wildman–Crippen LogP) is 1.37. The maximum absolute atomic E-state index is 12.8. The molecule has 2 rings (SSSR count). The van der Waals surface area contributed by atoms with E-state index in [4.69, 9.17) is 10.5 Å². The summed E-state index contributed by atoms with van der Waals surface area (Å²) in [4.78, 5) is 12.4. The van der Waals surface area contributed by atoms with Crippen LogP contribution in [0.1, 0.15) is 38.1 Å². The second kappa shape index (κ2) is 8.67. The monoisotopic (exact) mass is 405 g/mol. The van der Waals surface area contributed by atoms with E-state index in [-0.39, 0.29) is 35.4 Å². The molecule has 1 fully saturated rings. The van der Waals surface area contributed by atoms with E-state index in [1.165, 1.54) is 28.6 Å². The normalized spacial score (nSPS) is 21.7. The van der Waals surface area contributed by atoms with Gasteiger partial charge in [0, 0.05) is 30.7 Å². The van der Waals surface area contributed by atoms with Crippen LogP contribution in [0.25, 0.3) is 0 Å². The van der Waals surface area contributed by atoms with Gasteiger partial charge in [0.25, 0.3) is 5.91 Å². The number of sulfonamides is 1. The van der Waals surface area contributed by atoms with Gasteiger partial charge in [0.2, 0.25) is 10.0 Å². The maximum atomic E-state index is 12.8. The minimum absolute atomic E-state index is 0. The van der Waals surface area contributed by atoms with Crippen molar-refractivity contribution < 1.29 is 17.9 Å². The Hall–Kier alpha value is -1.19. The minimum Gasteiger partial charge on any atom is -0.373 e. The Morgan fingerprint density at radius 3 is 2.19 bits per heavy atom. The number of hydrogen-bond acceptors (Lipinski definition) is 5. The topological polar surface area (TPSA) is 102 Å². The number of nitrogens with two attached hydrogens (primary N) is 1. The lowest BCUT2D eigenvalue weighted by atomic mass is 10.1. The number of rotatable bonds is 5. The van der Waals surface area contributed by atoms with Crippen LogP contribution < -0.4 is 11.1 Å². The standard InChI is InChI=1S/C17H27N3O4S.ClH/c1-12-9-20(10-13(2)24-12)25(22,23)15-7-5-14(6-8-15)16(21)19-17(3,4)11-18;/h5-8,12-13H,9-11,18H2,1-4H3,(H,19,21);1H. The molecule has 0 aliphatic carbocycles. The number of benzene rings is 1. The number of carbonyl (C=O) groups is 1. The lowest BCUT2D eigenvalue weighted by Crippen LogP contribution is -2.49. The molecule has 1 amide bonds. The number of carbonyl (C=O) groups excluding carboxylic acids is 1. The molecule has 148 valence electrons. The molecule has 7 nitrogen and oxygen atoms in total. The molecular formula is C17H28ClN3O4S. The van der Waals surface area contributed by atoms with E-state index in [0.29, 0.717) is 25.2 Å². The van der Waals surface area contributed by atoms with E-state index in [1.54, 1.807) is 0 Å². The minimum atomic E-state index is -3.61. The Morgan fingerprint density at radius 2 is 1.73 bits per heavy atom. The third-order valence-electron chi connectivity index (χ3n) is 4.10. The summed E-state index contributed by atoms with van der Waals surface area (Å²) < 4.78 is 32.6. The average molecular weight is 406 g/mol. The third-order valence-corrected chi connectivity index (χ3v) is 5.95. The zero-order chi connectivity index (χ0) is 18.8. The molecule has 1 aromatic carbocycles. The fraction of sp³-hybridized carbons (Fsp3) is 0.588. The SMILES string of the molecule is CC1CN(S(=O)(=O)c2ccc(C(=O)NC(C)(C)CN)cc2)CC(C)O1.Cl. The van der Waals surface area contributed by atoms with Gasteiger partial charge in [-0.3, -0.25) is 4.79 Å². The number of halogens is 1. The first-order valence-electron chi connectivity index (χ1n) is 8.33. The number of nitrogens with zero attached hydrogens (tertiary/aromatic N) is 1. The van der Waals surface area contributed by atoms with E-state index in [9.17, 15) is 13.2 Å². The fourth-order valence-electron chi connectivity index (χ4n) is 2.68. The van der Waals surface area contributed by atoms with Crippen LogP contribution in [-0.4, -0.2) is 56.0 Å². The summed E-state index contributed by atoms with van der Waals surface area (Å²) in [6.07, 6.45) is -0.302. The fourth-order valence-corrected chi connectivity index (χ4v) is 4.28. The highest BCUT2D eigenvalue weighted by Crippen LogP contribution is 2.21. The molecule has 1 saturated heterocycles. The Kier molecular flexibility index (Phi) is 7.62. The van der Waals surface area contributed by atoms with Crippen molar-refractivity contribution in [2.45, 2.75) is 50.3 Å². The van der Waals surface area contributed by atoms with Crippen molar-refractivity contribution in [2.75, 3.05) is 19.6 Å². The Morgan fingerprint density at radius 1 is 1.23 bits per heavy atom.